The molecule has 0 spiro atoms. The first-order valence-electron chi connectivity index (χ1n) is 11.4. The summed E-state index contributed by atoms with van der Waals surface area (Å²) in [6, 6.07) is 30.9. The molecule has 3 aromatic rings. The van der Waals surface area contributed by atoms with E-state index in [1.165, 1.54) is 6.08 Å². The Morgan fingerprint density at radius 2 is 1.24 bits per heavy atom. The summed E-state index contributed by atoms with van der Waals surface area (Å²) >= 11 is 0. The third kappa shape index (κ3) is 3.70. The molecule has 3 aromatic carbocycles. The molecule has 0 bridgehead atoms. The molecule has 0 radical (unpaired) electrons. The summed E-state index contributed by atoms with van der Waals surface area (Å²) < 4.78 is 40.0. The van der Waals surface area contributed by atoms with E-state index in [0.717, 1.165) is 28.6 Å². The van der Waals surface area contributed by atoms with Crippen LogP contribution in [0.2, 0.25) is 0 Å². The maximum absolute atomic E-state index is 13.3. The molecular weight excluding hydrogens is 433 g/mol. The first-order valence-corrected chi connectivity index (χ1v) is 11.4. The number of aliphatic imine (C=N–C) groups is 1. The van der Waals surface area contributed by atoms with Crippen molar-refractivity contribution in [3.63, 3.8) is 0 Å². The molecule has 5 rings (SSSR count). The number of halogens is 3. The second kappa shape index (κ2) is 8.73. The first kappa shape index (κ1) is 22.4. The van der Waals surface area contributed by atoms with E-state index in [1.54, 1.807) is 6.08 Å². The van der Waals surface area contributed by atoms with Crippen LogP contribution in [0, 0.1) is 5.92 Å². The molecule has 0 aliphatic carbocycles. The van der Waals surface area contributed by atoms with Crippen molar-refractivity contribution < 1.29 is 13.2 Å². The van der Waals surface area contributed by atoms with Crippen LogP contribution in [-0.2, 0) is 5.54 Å². The molecule has 0 saturated carbocycles. The summed E-state index contributed by atoms with van der Waals surface area (Å²) in [5.41, 5.74) is 2.71. The Morgan fingerprint density at radius 3 is 1.68 bits per heavy atom. The van der Waals surface area contributed by atoms with Gasteiger partial charge in [-0.05, 0) is 23.6 Å². The Kier molecular flexibility index (Phi) is 5.74. The molecule has 172 valence electrons. The topological polar surface area (TPSA) is 15.6 Å². The van der Waals surface area contributed by atoms with E-state index in [4.69, 9.17) is 0 Å². The number of alkyl halides is 3. The standard InChI is InChI=1S/C29H25F3N2/c1-21-26-18-17-25(29(30,31)32)19-33-27(26)20-34(21)28(22-11-5-2-6-12-22,23-13-7-3-8-14-23)24-15-9-4-10-16-24/h2-19,21,26H,20H2,1H3. The summed E-state index contributed by atoms with van der Waals surface area (Å²) in [5, 5.41) is 0. The predicted octanol–water partition coefficient (Wildman–Crippen LogP) is 6.76. The minimum absolute atomic E-state index is 0.0865. The van der Waals surface area contributed by atoms with E-state index < -0.39 is 17.3 Å². The molecule has 34 heavy (non-hydrogen) atoms. The molecule has 1 fully saturated rings. The Labute approximate surface area is 197 Å². The van der Waals surface area contributed by atoms with E-state index in [2.05, 4.69) is 53.2 Å². The molecule has 2 unspecified atom stereocenters. The zero-order valence-electron chi connectivity index (χ0n) is 18.8. The number of rotatable bonds is 4. The average molecular weight is 459 g/mol. The molecular formula is C29H25F3N2. The number of benzene rings is 3. The second-order valence-electron chi connectivity index (χ2n) is 8.76. The fourth-order valence-electron chi connectivity index (χ4n) is 5.33. The highest BCUT2D eigenvalue weighted by molar-refractivity contribution is 5.94. The Balaban J connectivity index is 1.73. The van der Waals surface area contributed by atoms with Crippen LogP contribution in [-0.4, -0.2) is 29.4 Å². The molecule has 0 amide bonds. The lowest BCUT2D eigenvalue weighted by Crippen LogP contribution is -2.50. The average Bonchev–Trinajstić information content (AvgIpc) is 3.02. The van der Waals surface area contributed by atoms with Gasteiger partial charge in [0.25, 0.3) is 0 Å². The molecule has 2 heterocycles. The number of nitrogens with zero attached hydrogens (tertiary/aromatic N) is 2. The van der Waals surface area contributed by atoms with Crippen molar-refractivity contribution in [2.45, 2.75) is 24.7 Å². The summed E-state index contributed by atoms with van der Waals surface area (Å²) in [6.07, 6.45) is -0.598. The van der Waals surface area contributed by atoms with Crippen molar-refractivity contribution in [2.75, 3.05) is 6.54 Å². The molecule has 2 nitrogen and oxygen atoms in total. The quantitative estimate of drug-likeness (QED) is 0.395. The normalized spacial score (nSPS) is 20.9. The number of fused-ring (bicyclic) bond motifs is 1. The van der Waals surface area contributed by atoms with Gasteiger partial charge in [-0.15, -0.1) is 0 Å². The smallest absolute Gasteiger partial charge is 0.277 e. The van der Waals surface area contributed by atoms with Crippen LogP contribution in [0.15, 0.2) is 120 Å². The van der Waals surface area contributed by atoms with Crippen molar-refractivity contribution in [1.29, 1.82) is 0 Å². The zero-order chi connectivity index (χ0) is 23.8. The van der Waals surface area contributed by atoms with Gasteiger partial charge in [0.05, 0.1) is 11.1 Å². The third-order valence-electron chi connectivity index (χ3n) is 6.91. The van der Waals surface area contributed by atoms with E-state index in [0.29, 0.717) is 6.54 Å². The van der Waals surface area contributed by atoms with Crippen molar-refractivity contribution in [1.82, 2.24) is 4.90 Å². The lowest BCUT2D eigenvalue weighted by molar-refractivity contribution is -0.0883. The largest absolute Gasteiger partial charge is 0.417 e. The van der Waals surface area contributed by atoms with Crippen molar-refractivity contribution >= 4 is 5.71 Å². The summed E-state index contributed by atoms with van der Waals surface area (Å²) in [7, 11) is 0. The predicted molar refractivity (Wildman–Crippen MR) is 130 cm³/mol. The molecule has 2 aliphatic heterocycles. The fraction of sp³-hybridized carbons (Fsp3) is 0.207. The fourth-order valence-corrected chi connectivity index (χ4v) is 5.33. The van der Waals surface area contributed by atoms with Gasteiger partial charge in [0, 0.05) is 30.4 Å². The first-order chi connectivity index (χ1) is 16.4. The van der Waals surface area contributed by atoms with Crippen LogP contribution < -0.4 is 0 Å². The highest BCUT2D eigenvalue weighted by Gasteiger charge is 2.50. The van der Waals surface area contributed by atoms with Gasteiger partial charge < -0.3 is 0 Å². The number of hydrogen-bond acceptors (Lipinski definition) is 2. The summed E-state index contributed by atoms with van der Waals surface area (Å²) in [6.45, 7) is 2.54. The lowest BCUT2D eigenvalue weighted by Gasteiger charge is -2.46. The van der Waals surface area contributed by atoms with E-state index in [1.807, 2.05) is 54.6 Å². The molecule has 2 atom stereocenters. The Bertz CT molecular complexity index is 1130. The third-order valence-corrected chi connectivity index (χ3v) is 6.91. The van der Waals surface area contributed by atoms with Gasteiger partial charge in [0.15, 0.2) is 0 Å². The molecule has 2 aliphatic rings. The number of allylic oxidation sites excluding steroid dienone is 2. The number of hydrogen-bond donors (Lipinski definition) is 0. The van der Waals surface area contributed by atoms with E-state index >= 15 is 0 Å². The van der Waals surface area contributed by atoms with Gasteiger partial charge in [-0.1, -0.05) is 103 Å². The van der Waals surface area contributed by atoms with Gasteiger partial charge in [-0.2, -0.15) is 13.2 Å². The molecule has 0 N–H and O–H groups in total. The Morgan fingerprint density at radius 1 is 0.765 bits per heavy atom. The Hall–Kier alpha value is -3.44. The zero-order valence-corrected chi connectivity index (χ0v) is 18.8. The van der Waals surface area contributed by atoms with Gasteiger partial charge >= 0.3 is 6.18 Å². The highest BCUT2D eigenvalue weighted by atomic mass is 19.4. The van der Waals surface area contributed by atoms with E-state index in [9.17, 15) is 13.2 Å². The van der Waals surface area contributed by atoms with Crippen LogP contribution in [0.5, 0.6) is 0 Å². The van der Waals surface area contributed by atoms with Crippen LogP contribution in [0.4, 0.5) is 13.2 Å². The molecule has 0 aromatic heterocycles. The van der Waals surface area contributed by atoms with Crippen LogP contribution in [0.25, 0.3) is 0 Å². The molecule has 1 saturated heterocycles. The summed E-state index contributed by atoms with van der Waals surface area (Å²) in [5.74, 6) is -0.216. The number of likely N-dealkylation sites (tertiary alicyclic amines) is 1. The second-order valence-corrected chi connectivity index (χ2v) is 8.76. The van der Waals surface area contributed by atoms with Crippen LogP contribution >= 0.6 is 0 Å². The van der Waals surface area contributed by atoms with Crippen molar-refractivity contribution in [3.8, 4) is 0 Å². The van der Waals surface area contributed by atoms with Gasteiger partial charge in [0.1, 0.15) is 0 Å². The van der Waals surface area contributed by atoms with Gasteiger partial charge in [0.2, 0.25) is 0 Å². The van der Waals surface area contributed by atoms with Crippen LogP contribution in [0.3, 0.4) is 0 Å². The SMILES string of the molecule is CC1C2C=CC(C(F)(F)F)=CN=C2CN1C(c1ccccc1)(c1ccccc1)c1ccccc1. The summed E-state index contributed by atoms with van der Waals surface area (Å²) in [4.78, 5) is 6.74. The maximum Gasteiger partial charge on any atom is 0.417 e. The minimum atomic E-state index is -4.41. The highest BCUT2D eigenvalue weighted by Crippen LogP contribution is 2.47. The lowest BCUT2D eigenvalue weighted by atomic mass is 9.75. The maximum atomic E-state index is 13.3. The molecule has 5 heteroatoms. The van der Waals surface area contributed by atoms with Gasteiger partial charge in [-0.3, -0.25) is 9.89 Å². The van der Waals surface area contributed by atoms with Crippen LogP contribution in [0.1, 0.15) is 23.6 Å². The van der Waals surface area contributed by atoms with Gasteiger partial charge in [-0.25, -0.2) is 0 Å². The van der Waals surface area contributed by atoms with E-state index in [-0.39, 0.29) is 12.0 Å². The van der Waals surface area contributed by atoms with Crippen molar-refractivity contribution in [2.24, 2.45) is 10.9 Å². The minimum Gasteiger partial charge on any atom is -0.277 e. The monoisotopic (exact) mass is 458 g/mol. The van der Waals surface area contributed by atoms with Crippen molar-refractivity contribution in [3.05, 3.63) is 132 Å².